The van der Waals surface area contributed by atoms with Crippen LogP contribution >= 0.6 is 0 Å². The van der Waals surface area contributed by atoms with Gasteiger partial charge in [-0.15, -0.1) is 0 Å². The van der Waals surface area contributed by atoms with Gasteiger partial charge in [0, 0.05) is 36.3 Å². The number of ether oxygens (including phenoxy) is 4. The Bertz CT molecular complexity index is 1110. The van der Waals surface area contributed by atoms with Crippen molar-refractivity contribution in [2.75, 3.05) is 38.9 Å². The molecule has 9 heteroatoms. The van der Waals surface area contributed by atoms with Gasteiger partial charge >= 0.3 is 0 Å². The lowest BCUT2D eigenvalue weighted by Crippen LogP contribution is -2.24. The second-order valence-electron chi connectivity index (χ2n) is 7.29. The number of hydrogen-bond donors (Lipinski definition) is 0. The molecule has 2 aliphatic rings. The molecule has 1 unspecified atom stereocenters. The van der Waals surface area contributed by atoms with E-state index in [4.69, 9.17) is 23.5 Å². The van der Waals surface area contributed by atoms with E-state index in [-0.39, 0.29) is 18.2 Å². The van der Waals surface area contributed by atoms with Crippen LogP contribution in [0.25, 0.3) is 11.4 Å². The average molecular weight is 423 g/mol. The molecule has 5 rings (SSSR count). The van der Waals surface area contributed by atoms with Crippen molar-refractivity contribution in [1.82, 2.24) is 10.1 Å². The largest absolute Gasteiger partial charge is 0.497 e. The first-order valence-electron chi connectivity index (χ1n) is 9.91. The Morgan fingerprint density at radius 2 is 1.74 bits per heavy atom. The van der Waals surface area contributed by atoms with E-state index in [1.807, 2.05) is 18.2 Å². The van der Waals surface area contributed by atoms with E-state index < -0.39 is 0 Å². The molecule has 0 saturated carbocycles. The molecular weight excluding hydrogens is 402 g/mol. The third kappa shape index (κ3) is 3.63. The third-order valence-corrected chi connectivity index (χ3v) is 5.36. The number of hydrogen-bond acceptors (Lipinski definition) is 8. The number of benzene rings is 2. The molecule has 1 aromatic heterocycles. The summed E-state index contributed by atoms with van der Waals surface area (Å²) in [6.45, 7) is 1.46. The van der Waals surface area contributed by atoms with Crippen LogP contribution in [0.5, 0.6) is 23.0 Å². The van der Waals surface area contributed by atoms with Crippen molar-refractivity contribution in [2.24, 2.45) is 0 Å². The number of fused-ring (bicyclic) bond motifs is 1. The zero-order valence-corrected chi connectivity index (χ0v) is 17.2. The van der Waals surface area contributed by atoms with E-state index in [0.29, 0.717) is 60.0 Å². The molecule has 3 heterocycles. The highest BCUT2D eigenvalue weighted by molar-refractivity contribution is 5.96. The molecule has 1 saturated heterocycles. The SMILES string of the molecule is COc1cc(OC)cc(-c2noc(C3CC(=O)N(c4ccc5c(c4)OCCO5)C3)n2)c1. The van der Waals surface area contributed by atoms with Crippen molar-refractivity contribution in [3.05, 3.63) is 42.3 Å². The average Bonchev–Trinajstić information content (AvgIpc) is 3.45. The Kier molecular flexibility index (Phi) is 4.85. The molecule has 1 amide bonds. The Morgan fingerprint density at radius 1 is 1.00 bits per heavy atom. The minimum Gasteiger partial charge on any atom is -0.497 e. The number of nitrogens with zero attached hydrogens (tertiary/aromatic N) is 3. The summed E-state index contributed by atoms with van der Waals surface area (Å²) in [5, 5.41) is 4.10. The van der Waals surface area contributed by atoms with Crippen molar-refractivity contribution in [1.29, 1.82) is 0 Å². The normalized spacial score (nSPS) is 17.7. The van der Waals surface area contributed by atoms with Gasteiger partial charge in [-0.05, 0) is 24.3 Å². The molecule has 3 aromatic rings. The predicted octanol–water partition coefficient (Wildman–Crippen LogP) is 3.05. The molecule has 2 aromatic carbocycles. The summed E-state index contributed by atoms with van der Waals surface area (Å²) in [5.74, 6) is 3.21. The van der Waals surface area contributed by atoms with Crippen LogP contribution in [0.15, 0.2) is 40.9 Å². The maximum atomic E-state index is 12.7. The number of anilines is 1. The summed E-state index contributed by atoms with van der Waals surface area (Å²) in [6, 6.07) is 10.9. The van der Waals surface area contributed by atoms with E-state index in [1.54, 1.807) is 37.3 Å². The summed E-state index contributed by atoms with van der Waals surface area (Å²) in [4.78, 5) is 18.9. The Balaban J connectivity index is 1.37. The number of aromatic nitrogens is 2. The number of rotatable bonds is 5. The summed E-state index contributed by atoms with van der Waals surface area (Å²) in [7, 11) is 3.16. The molecule has 0 radical (unpaired) electrons. The van der Waals surface area contributed by atoms with Crippen LogP contribution in [-0.2, 0) is 4.79 Å². The second kappa shape index (κ2) is 7.82. The quantitative estimate of drug-likeness (QED) is 0.618. The summed E-state index contributed by atoms with van der Waals surface area (Å²) >= 11 is 0. The minimum absolute atomic E-state index is 0.00974. The van der Waals surface area contributed by atoms with Crippen LogP contribution in [0.3, 0.4) is 0 Å². The first-order chi connectivity index (χ1) is 15.1. The van der Waals surface area contributed by atoms with Crippen molar-refractivity contribution < 1.29 is 28.3 Å². The maximum absolute atomic E-state index is 12.7. The lowest BCUT2D eigenvalue weighted by molar-refractivity contribution is -0.117. The Hall–Kier alpha value is -3.75. The van der Waals surface area contributed by atoms with Crippen LogP contribution in [0.1, 0.15) is 18.2 Å². The Labute approximate surface area is 178 Å². The fourth-order valence-corrected chi connectivity index (χ4v) is 3.78. The lowest BCUT2D eigenvalue weighted by Gasteiger charge is -2.22. The van der Waals surface area contributed by atoms with Crippen LogP contribution in [0.2, 0.25) is 0 Å². The van der Waals surface area contributed by atoms with E-state index in [1.165, 1.54) is 0 Å². The summed E-state index contributed by atoms with van der Waals surface area (Å²) in [6.07, 6.45) is 0.289. The van der Waals surface area contributed by atoms with Crippen LogP contribution < -0.4 is 23.8 Å². The second-order valence-corrected chi connectivity index (χ2v) is 7.29. The molecule has 31 heavy (non-hydrogen) atoms. The first-order valence-corrected chi connectivity index (χ1v) is 9.91. The Morgan fingerprint density at radius 3 is 2.48 bits per heavy atom. The van der Waals surface area contributed by atoms with Crippen LogP contribution in [0, 0.1) is 0 Å². The molecule has 2 aliphatic heterocycles. The van der Waals surface area contributed by atoms with Gasteiger partial charge in [0.1, 0.15) is 24.7 Å². The summed E-state index contributed by atoms with van der Waals surface area (Å²) in [5.41, 5.74) is 1.47. The molecule has 0 bridgehead atoms. The fraction of sp³-hybridized carbons (Fsp3) is 0.318. The zero-order valence-electron chi connectivity index (χ0n) is 17.2. The standard InChI is InChI=1S/C22H21N3O6/c1-27-16-7-13(8-17(11-16)28-2)21-23-22(31-24-21)14-9-20(26)25(12-14)15-3-4-18-19(10-15)30-6-5-29-18/h3-4,7-8,10-11,14H,5-6,9,12H2,1-2H3. The predicted molar refractivity (Wildman–Crippen MR) is 110 cm³/mol. The van der Waals surface area contributed by atoms with Crippen molar-refractivity contribution in [2.45, 2.75) is 12.3 Å². The van der Waals surface area contributed by atoms with Gasteiger partial charge in [-0.3, -0.25) is 4.79 Å². The lowest BCUT2D eigenvalue weighted by atomic mass is 10.1. The van der Waals surface area contributed by atoms with Crippen molar-refractivity contribution in [3.8, 4) is 34.4 Å². The number of carbonyl (C=O) groups is 1. The fourth-order valence-electron chi connectivity index (χ4n) is 3.78. The van der Waals surface area contributed by atoms with E-state index >= 15 is 0 Å². The van der Waals surface area contributed by atoms with Gasteiger partial charge in [0.15, 0.2) is 11.5 Å². The van der Waals surface area contributed by atoms with E-state index in [9.17, 15) is 4.79 Å². The summed E-state index contributed by atoms with van der Waals surface area (Å²) < 4.78 is 27.3. The van der Waals surface area contributed by atoms with Crippen molar-refractivity contribution in [3.63, 3.8) is 0 Å². The van der Waals surface area contributed by atoms with Gasteiger partial charge in [0.2, 0.25) is 17.6 Å². The van der Waals surface area contributed by atoms with E-state index in [2.05, 4.69) is 10.1 Å². The van der Waals surface area contributed by atoms with Gasteiger partial charge in [0.25, 0.3) is 0 Å². The smallest absolute Gasteiger partial charge is 0.232 e. The topological polar surface area (TPSA) is 96.2 Å². The first kappa shape index (κ1) is 19.2. The van der Waals surface area contributed by atoms with Gasteiger partial charge in [-0.2, -0.15) is 4.98 Å². The van der Waals surface area contributed by atoms with Crippen LogP contribution in [0.4, 0.5) is 5.69 Å². The monoisotopic (exact) mass is 423 g/mol. The highest BCUT2D eigenvalue weighted by atomic mass is 16.6. The number of carbonyl (C=O) groups excluding carboxylic acids is 1. The molecule has 0 N–H and O–H groups in total. The highest BCUT2D eigenvalue weighted by Crippen LogP contribution is 2.38. The van der Waals surface area contributed by atoms with Gasteiger partial charge in [-0.25, -0.2) is 0 Å². The van der Waals surface area contributed by atoms with E-state index in [0.717, 1.165) is 5.69 Å². The molecular formula is C22H21N3O6. The van der Waals surface area contributed by atoms with Crippen molar-refractivity contribution >= 4 is 11.6 Å². The molecule has 160 valence electrons. The highest BCUT2D eigenvalue weighted by Gasteiger charge is 2.35. The van der Waals surface area contributed by atoms with Gasteiger partial charge < -0.3 is 28.4 Å². The van der Waals surface area contributed by atoms with Crippen LogP contribution in [-0.4, -0.2) is 50.0 Å². The zero-order chi connectivity index (χ0) is 21.4. The number of amides is 1. The molecule has 1 fully saturated rings. The van der Waals surface area contributed by atoms with Gasteiger partial charge in [0.05, 0.1) is 20.1 Å². The number of methoxy groups -OCH3 is 2. The molecule has 9 nitrogen and oxygen atoms in total. The molecule has 0 spiro atoms. The minimum atomic E-state index is -0.200. The van der Waals surface area contributed by atoms with Gasteiger partial charge in [-0.1, -0.05) is 5.16 Å². The maximum Gasteiger partial charge on any atom is 0.232 e. The molecule has 0 aliphatic carbocycles. The third-order valence-electron chi connectivity index (χ3n) is 5.36. The molecule has 1 atom stereocenters.